The van der Waals surface area contributed by atoms with E-state index in [0.717, 1.165) is 35.3 Å². The van der Waals surface area contributed by atoms with Gasteiger partial charge in [0, 0.05) is 17.9 Å². The SMILES string of the molecule is CCCCCCCCC(=O)NCc1nnc(SCc2ccccc2)n1-c1ccc(C)cc1. The predicted octanol–water partition coefficient (Wildman–Crippen LogP) is 6.23. The third kappa shape index (κ3) is 7.52. The number of carbonyl (C=O) groups is 1. The van der Waals surface area contributed by atoms with E-state index in [1.165, 1.54) is 36.8 Å². The highest BCUT2D eigenvalue weighted by atomic mass is 32.2. The number of amides is 1. The second-order valence-electron chi connectivity index (χ2n) is 8.14. The quantitative estimate of drug-likeness (QED) is 0.247. The number of carbonyl (C=O) groups excluding carboxylic acids is 1. The van der Waals surface area contributed by atoms with Crippen molar-refractivity contribution < 1.29 is 4.79 Å². The first kappa shape index (κ1) is 24.1. The zero-order chi connectivity index (χ0) is 22.6. The minimum Gasteiger partial charge on any atom is -0.349 e. The summed E-state index contributed by atoms with van der Waals surface area (Å²) < 4.78 is 2.05. The van der Waals surface area contributed by atoms with Crippen molar-refractivity contribution in [2.45, 2.75) is 76.2 Å². The van der Waals surface area contributed by atoms with Gasteiger partial charge in [-0.25, -0.2) is 0 Å². The second kappa shape index (κ2) is 13.1. The van der Waals surface area contributed by atoms with E-state index in [1.807, 2.05) is 18.2 Å². The van der Waals surface area contributed by atoms with Crippen LogP contribution >= 0.6 is 11.8 Å². The lowest BCUT2D eigenvalue weighted by Gasteiger charge is -2.11. The van der Waals surface area contributed by atoms with Crippen molar-refractivity contribution in [2.24, 2.45) is 0 Å². The van der Waals surface area contributed by atoms with Crippen molar-refractivity contribution >= 4 is 17.7 Å². The lowest BCUT2D eigenvalue weighted by atomic mass is 10.1. The molecule has 5 nitrogen and oxygen atoms in total. The highest BCUT2D eigenvalue weighted by molar-refractivity contribution is 7.98. The number of thioether (sulfide) groups is 1. The summed E-state index contributed by atoms with van der Waals surface area (Å²) in [5.41, 5.74) is 3.45. The molecule has 0 unspecified atom stereocenters. The maximum Gasteiger partial charge on any atom is 0.220 e. The normalized spacial score (nSPS) is 10.9. The Kier molecular flexibility index (Phi) is 9.82. The topological polar surface area (TPSA) is 59.8 Å². The summed E-state index contributed by atoms with van der Waals surface area (Å²) in [6.07, 6.45) is 7.64. The predicted molar refractivity (Wildman–Crippen MR) is 132 cm³/mol. The van der Waals surface area contributed by atoms with E-state index in [0.29, 0.717) is 13.0 Å². The van der Waals surface area contributed by atoms with Gasteiger partial charge in [-0.2, -0.15) is 0 Å². The molecule has 0 fully saturated rings. The third-order valence-corrected chi connectivity index (χ3v) is 6.40. The van der Waals surface area contributed by atoms with Crippen molar-refractivity contribution in [1.29, 1.82) is 0 Å². The van der Waals surface area contributed by atoms with Crippen molar-refractivity contribution in [2.75, 3.05) is 0 Å². The maximum atomic E-state index is 12.3. The molecule has 0 saturated carbocycles. The van der Waals surface area contributed by atoms with Gasteiger partial charge in [0.1, 0.15) is 0 Å². The van der Waals surface area contributed by atoms with Crippen LogP contribution in [0.5, 0.6) is 0 Å². The molecule has 0 bridgehead atoms. The fourth-order valence-electron chi connectivity index (χ4n) is 3.52. The number of unbranched alkanes of at least 4 members (excludes halogenated alkanes) is 5. The molecule has 3 rings (SSSR count). The molecule has 0 atom stereocenters. The van der Waals surface area contributed by atoms with Crippen molar-refractivity contribution in [3.8, 4) is 5.69 Å². The summed E-state index contributed by atoms with van der Waals surface area (Å²) in [4.78, 5) is 12.3. The lowest BCUT2D eigenvalue weighted by Crippen LogP contribution is -2.24. The van der Waals surface area contributed by atoms with E-state index in [-0.39, 0.29) is 5.91 Å². The first-order valence-electron chi connectivity index (χ1n) is 11.6. The number of nitrogens with zero attached hydrogens (tertiary/aromatic N) is 3. The summed E-state index contributed by atoms with van der Waals surface area (Å²) >= 11 is 1.65. The molecule has 170 valence electrons. The molecular weight excluding hydrogens is 416 g/mol. The molecule has 6 heteroatoms. The van der Waals surface area contributed by atoms with Gasteiger partial charge in [-0.15, -0.1) is 10.2 Å². The van der Waals surface area contributed by atoms with Crippen LogP contribution in [0.25, 0.3) is 5.69 Å². The first-order chi connectivity index (χ1) is 15.7. The zero-order valence-corrected chi connectivity index (χ0v) is 20.0. The standard InChI is InChI=1S/C26H34N4OS/c1-3-4-5-6-7-11-14-25(31)27-19-24-28-29-26(32-20-22-12-9-8-10-13-22)30(24)23-17-15-21(2)16-18-23/h8-10,12-13,15-18H,3-7,11,14,19-20H2,1-2H3,(H,27,31). The Morgan fingerprint density at radius 1 is 0.938 bits per heavy atom. The molecule has 1 heterocycles. The van der Waals surface area contributed by atoms with Crippen molar-refractivity contribution in [3.05, 3.63) is 71.5 Å². The minimum absolute atomic E-state index is 0.0810. The van der Waals surface area contributed by atoms with Gasteiger partial charge >= 0.3 is 0 Å². The summed E-state index contributed by atoms with van der Waals surface area (Å²) in [6, 6.07) is 18.7. The molecule has 0 saturated heterocycles. The number of rotatable bonds is 13. The van der Waals surface area contributed by atoms with Gasteiger partial charge in [0.05, 0.1) is 6.54 Å². The lowest BCUT2D eigenvalue weighted by molar-refractivity contribution is -0.121. The van der Waals surface area contributed by atoms with Gasteiger partial charge in [-0.3, -0.25) is 9.36 Å². The van der Waals surface area contributed by atoms with Crippen LogP contribution in [0.4, 0.5) is 0 Å². The average Bonchev–Trinajstić information content (AvgIpc) is 3.22. The number of nitrogens with one attached hydrogen (secondary N) is 1. The first-order valence-corrected chi connectivity index (χ1v) is 12.6. The molecule has 1 amide bonds. The molecule has 0 radical (unpaired) electrons. The number of aryl methyl sites for hydroxylation is 1. The molecule has 2 aromatic carbocycles. The van der Waals surface area contributed by atoms with Crippen molar-refractivity contribution in [1.82, 2.24) is 20.1 Å². The van der Waals surface area contributed by atoms with Crippen LogP contribution < -0.4 is 5.32 Å². The highest BCUT2D eigenvalue weighted by Crippen LogP contribution is 2.25. The van der Waals surface area contributed by atoms with E-state index in [2.05, 4.69) is 70.3 Å². The smallest absolute Gasteiger partial charge is 0.220 e. The Morgan fingerprint density at radius 2 is 1.66 bits per heavy atom. The van der Waals surface area contributed by atoms with E-state index in [1.54, 1.807) is 11.8 Å². The van der Waals surface area contributed by atoms with Gasteiger partial charge in [0.25, 0.3) is 0 Å². The summed E-state index contributed by atoms with van der Waals surface area (Å²) in [5, 5.41) is 12.7. The number of hydrogen-bond donors (Lipinski definition) is 1. The Morgan fingerprint density at radius 3 is 2.41 bits per heavy atom. The molecule has 3 aromatic rings. The summed E-state index contributed by atoms with van der Waals surface area (Å²) in [7, 11) is 0. The Labute approximate surface area is 196 Å². The van der Waals surface area contributed by atoms with Crippen LogP contribution in [0.2, 0.25) is 0 Å². The van der Waals surface area contributed by atoms with Crippen LogP contribution in [-0.4, -0.2) is 20.7 Å². The Balaban J connectivity index is 1.62. The average molecular weight is 451 g/mol. The van der Waals surface area contributed by atoms with E-state index in [9.17, 15) is 4.79 Å². The maximum absolute atomic E-state index is 12.3. The van der Waals surface area contributed by atoms with Crippen LogP contribution in [-0.2, 0) is 17.1 Å². The molecule has 0 aliphatic heterocycles. The summed E-state index contributed by atoms with van der Waals surface area (Å²) in [5.74, 6) is 1.65. The van der Waals surface area contributed by atoms with Crippen molar-refractivity contribution in [3.63, 3.8) is 0 Å². The molecule has 1 N–H and O–H groups in total. The van der Waals surface area contributed by atoms with E-state index >= 15 is 0 Å². The molecule has 32 heavy (non-hydrogen) atoms. The largest absolute Gasteiger partial charge is 0.349 e. The van der Waals surface area contributed by atoms with E-state index < -0.39 is 0 Å². The highest BCUT2D eigenvalue weighted by Gasteiger charge is 2.15. The van der Waals surface area contributed by atoms with Crippen LogP contribution in [0.15, 0.2) is 59.8 Å². The van der Waals surface area contributed by atoms with Gasteiger partial charge < -0.3 is 5.32 Å². The fourth-order valence-corrected chi connectivity index (χ4v) is 4.44. The second-order valence-corrected chi connectivity index (χ2v) is 9.08. The number of aromatic nitrogens is 3. The molecular formula is C26H34N4OS. The molecule has 0 aliphatic rings. The van der Waals surface area contributed by atoms with Gasteiger partial charge in [0.2, 0.25) is 5.91 Å². The fraction of sp³-hybridized carbons (Fsp3) is 0.423. The molecule has 1 aromatic heterocycles. The Bertz CT molecular complexity index is 954. The monoisotopic (exact) mass is 450 g/mol. The molecule has 0 spiro atoms. The number of hydrogen-bond acceptors (Lipinski definition) is 4. The van der Waals surface area contributed by atoms with Crippen LogP contribution in [0.1, 0.15) is 68.8 Å². The van der Waals surface area contributed by atoms with E-state index in [4.69, 9.17) is 0 Å². The minimum atomic E-state index is 0.0810. The summed E-state index contributed by atoms with van der Waals surface area (Å²) in [6.45, 7) is 4.67. The Hall–Kier alpha value is -2.60. The van der Waals surface area contributed by atoms with Gasteiger partial charge in [-0.05, 0) is 31.0 Å². The van der Waals surface area contributed by atoms with Gasteiger partial charge in [-0.1, -0.05) is 98.8 Å². The zero-order valence-electron chi connectivity index (χ0n) is 19.2. The van der Waals surface area contributed by atoms with Crippen LogP contribution in [0, 0.1) is 6.92 Å². The van der Waals surface area contributed by atoms with Crippen LogP contribution in [0.3, 0.4) is 0 Å². The number of benzene rings is 2. The third-order valence-electron chi connectivity index (χ3n) is 5.40. The molecule has 0 aliphatic carbocycles. The van der Waals surface area contributed by atoms with Gasteiger partial charge in [0.15, 0.2) is 11.0 Å².